The summed E-state index contributed by atoms with van der Waals surface area (Å²) >= 11 is 0. The van der Waals surface area contributed by atoms with Gasteiger partial charge < -0.3 is 15.5 Å². The summed E-state index contributed by atoms with van der Waals surface area (Å²) in [6.07, 6.45) is 6.91. The highest BCUT2D eigenvalue weighted by Gasteiger charge is 2.33. The van der Waals surface area contributed by atoms with Crippen LogP contribution in [0, 0.1) is 0 Å². The molecule has 0 aromatic heterocycles. The van der Waals surface area contributed by atoms with Crippen LogP contribution in [0.25, 0.3) is 5.70 Å². The van der Waals surface area contributed by atoms with Crippen molar-refractivity contribution in [1.82, 2.24) is 15.3 Å². The van der Waals surface area contributed by atoms with E-state index < -0.39 is 9.84 Å². The molecule has 1 unspecified atom stereocenters. The Labute approximate surface area is 194 Å². The number of rotatable bonds is 5. The number of piperazine rings is 1. The van der Waals surface area contributed by atoms with E-state index >= 15 is 0 Å². The van der Waals surface area contributed by atoms with Gasteiger partial charge in [0.1, 0.15) is 5.84 Å². The van der Waals surface area contributed by atoms with Gasteiger partial charge in [-0.2, -0.15) is 5.01 Å². The molecule has 0 aliphatic carbocycles. The lowest BCUT2D eigenvalue weighted by Crippen LogP contribution is -2.44. The molecule has 0 spiro atoms. The molecule has 2 aromatic carbocycles. The number of sulfone groups is 1. The number of allylic oxidation sites excluding steroid dienone is 2. The predicted octanol–water partition coefficient (Wildman–Crippen LogP) is 2.37. The van der Waals surface area contributed by atoms with Crippen LogP contribution in [-0.4, -0.2) is 70.0 Å². The van der Waals surface area contributed by atoms with Gasteiger partial charge in [0.15, 0.2) is 16.1 Å². The van der Waals surface area contributed by atoms with Crippen LogP contribution >= 0.6 is 0 Å². The van der Waals surface area contributed by atoms with Crippen LogP contribution in [0.4, 0.5) is 11.4 Å². The van der Waals surface area contributed by atoms with E-state index in [4.69, 9.17) is 4.99 Å². The van der Waals surface area contributed by atoms with E-state index in [1.165, 1.54) is 11.9 Å². The Hall–Kier alpha value is -3.14. The van der Waals surface area contributed by atoms with Gasteiger partial charge in [0.25, 0.3) is 0 Å². The molecular weight excluding hydrogens is 436 g/mol. The number of fused-ring (bicyclic) bond motifs is 1. The van der Waals surface area contributed by atoms with E-state index in [9.17, 15) is 8.42 Å². The molecule has 3 aliphatic heterocycles. The summed E-state index contributed by atoms with van der Waals surface area (Å²) in [4.78, 5) is 7.55. The summed E-state index contributed by atoms with van der Waals surface area (Å²) in [5.41, 5.74) is 4.10. The summed E-state index contributed by atoms with van der Waals surface area (Å²) in [6.45, 7) is 4.07. The molecule has 1 fully saturated rings. The van der Waals surface area contributed by atoms with Gasteiger partial charge in [-0.25, -0.2) is 13.4 Å². The van der Waals surface area contributed by atoms with Crippen molar-refractivity contribution in [2.24, 2.45) is 4.99 Å². The number of benzene rings is 2. The van der Waals surface area contributed by atoms with Crippen molar-refractivity contribution in [2.45, 2.75) is 11.2 Å². The minimum atomic E-state index is -3.23. The fourth-order valence-corrected chi connectivity index (χ4v) is 4.93. The Balaban J connectivity index is 1.31. The van der Waals surface area contributed by atoms with Gasteiger partial charge in [-0.3, -0.25) is 5.01 Å². The Morgan fingerprint density at radius 2 is 1.73 bits per heavy atom. The molecule has 9 heteroatoms. The molecule has 3 heterocycles. The van der Waals surface area contributed by atoms with E-state index in [1.54, 1.807) is 12.1 Å². The van der Waals surface area contributed by atoms with Crippen LogP contribution in [-0.2, 0) is 9.84 Å². The predicted molar refractivity (Wildman–Crippen MR) is 133 cm³/mol. The van der Waals surface area contributed by atoms with Gasteiger partial charge in [-0.1, -0.05) is 18.2 Å². The van der Waals surface area contributed by atoms with Crippen molar-refractivity contribution in [1.29, 1.82) is 0 Å². The van der Waals surface area contributed by atoms with Crippen LogP contribution in [0.1, 0.15) is 5.56 Å². The van der Waals surface area contributed by atoms with Gasteiger partial charge in [0.2, 0.25) is 0 Å². The Morgan fingerprint density at radius 1 is 1.03 bits per heavy atom. The number of nitrogens with zero attached hydrogens (tertiary/aromatic N) is 4. The minimum absolute atomic E-state index is 0.258. The topological polar surface area (TPSA) is 80.3 Å². The lowest BCUT2D eigenvalue weighted by molar-refractivity contribution is 0.128. The number of hydrogen-bond acceptors (Lipinski definition) is 8. The maximum absolute atomic E-state index is 11.8. The highest BCUT2D eigenvalue weighted by Crippen LogP contribution is 2.31. The SMILES string of the molecule is CN1C(Nc2ccc(N3CCNCC3)cc2)N=C2C=CC=C(c3ccc(S(C)(=O)=O)cc3)N21. The van der Waals surface area contributed by atoms with Crippen LogP contribution in [0.15, 0.2) is 76.6 Å². The third-order valence-corrected chi connectivity index (χ3v) is 7.22. The number of nitrogens with one attached hydrogen (secondary N) is 2. The van der Waals surface area contributed by atoms with Crippen molar-refractivity contribution in [2.75, 3.05) is 49.7 Å². The zero-order valence-electron chi connectivity index (χ0n) is 18.8. The quantitative estimate of drug-likeness (QED) is 0.703. The normalized spacial score (nSPS) is 21.0. The molecule has 1 saturated heterocycles. The standard InChI is InChI=1S/C24H28N6O2S/c1-28-24(26-19-8-10-20(11-9-19)29-16-14-25-15-17-29)27-23-5-3-4-22(30(23)28)18-6-12-21(13-7-18)33(2,31)32/h3-13,24-26H,14-17H2,1-2H3. The number of hydrazine groups is 1. The summed E-state index contributed by atoms with van der Waals surface area (Å²) in [5, 5.41) is 11.0. The first-order valence-electron chi connectivity index (χ1n) is 11.0. The third-order valence-electron chi connectivity index (χ3n) is 6.09. The highest BCUT2D eigenvalue weighted by molar-refractivity contribution is 7.90. The molecule has 5 rings (SSSR count). The lowest BCUT2D eigenvalue weighted by atomic mass is 10.1. The second kappa shape index (κ2) is 8.66. The lowest BCUT2D eigenvalue weighted by Gasteiger charge is -2.33. The van der Waals surface area contributed by atoms with E-state index in [0.29, 0.717) is 4.90 Å². The van der Waals surface area contributed by atoms with Crippen LogP contribution in [0.5, 0.6) is 0 Å². The Morgan fingerprint density at radius 3 is 2.39 bits per heavy atom. The molecule has 172 valence electrons. The number of amidine groups is 1. The maximum atomic E-state index is 11.8. The van der Waals surface area contributed by atoms with Crippen molar-refractivity contribution in [3.05, 3.63) is 72.3 Å². The van der Waals surface area contributed by atoms with Crippen molar-refractivity contribution in [3.8, 4) is 0 Å². The van der Waals surface area contributed by atoms with Crippen LogP contribution in [0.3, 0.4) is 0 Å². The minimum Gasteiger partial charge on any atom is -0.369 e. The molecular formula is C24H28N6O2S. The molecule has 2 aromatic rings. The van der Waals surface area contributed by atoms with Crippen molar-refractivity contribution >= 4 is 32.7 Å². The number of hydrogen-bond donors (Lipinski definition) is 2. The first-order chi connectivity index (χ1) is 15.9. The molecule has 0 amide bonds. The molecule has 2 N–H and O–H groups in total. The Kier molecular flexibility index (Phi) is 5.69. The molecule has 3 aliphatic rings. The number of anilines is 2. The molecule has 0 bridgehead atoms. The maximum Gasteiger partial charge on any atom is 0.195 e. The first kappa shape index (κ1) is 21.7. The third kappa shape index (κ3) is 4.39. The van der Waals surface area contributed by atoms with Crippen LogP contribution < -0.4 is 15.5 Å². The van der Waals surface area contributed by atoms with Gasteiger partial charge in [0.05, 0.1) is 10.6 Å². The second-order valence-electron chi connectivity index (χ2n) is 8.38. The molecule has 33 heavy (non-hydrogen) atoms. The van der Waals surface area contributed by atoms with E-state index in [-0.39, 0.29) is 6.29 Å². The average molecular weight is 465 g/mol. The monoisotopic (exact) mass is 464 g/mol. The Bertz CT molecular complexity index is 1210. The van der Waals surface area contributed by atoms with Gasteiger partial charge in [-0.05, 0) is 54.1 Å². The van der Waals surface area contributed by atoms with Gasteiger partial charge in [-0.15, -0.1) is 0 Å². The summed E-state index contributed by atoms with van der Waals surface area (Å²) in [5.74, 6) is 0.831. The fourth-order valence-electron chi connectivity index (χ4n) is 4.30. The smallest absolute Gasteiger partial charge is 0.195 e. The van der Waals surface area contributed by atoms with E-state index in [1.807, 2.05) is 47.4 Å². The summed E-state index contributed by atoms with van der Waals surface area (Å²) < 4.78 is 23.6. The average Bonchev–Trinajstić information content (AvgIpc) is 3.15. The van der Waals surface area contributed by atoms with Gasteiger partial charge in [0, 0.05) is 50.9 Å². The van der Waals surface area contributed by atoms with Crippen molar-refractivity contribution in [3.63, 3.8) is 0 Å². The second-order valence-corrected chi connectivity index (χ2v) is 10.4. The molecule has 0 saturated carbocycles. The number of aliphatic imine (C=N–C) groups is 1. The highest BCUT2D eigenvalue weighted by atomic mass is 32.2. The van der Waals surface area contributed by atoms with Crippen molar-refractivity contribution < 1.29 is 8.42 Å². The first-order valence-corrected chi connectivity index (χ1v) is 12.9. The zero-order chi connectivity index (χ0) is 23.0. The molecule has 1 atom stereocenters. The molecule has 0 radical (unpaired) electrons. The summed E-state index contributed by atoms with van der Waals surface area (Å²) in [6, 6.07) is 15.5. The van der Waals surface area contributed by atoms with Crippen LogP contribution in [0.2, 0.25) is 0 Å². The fraction of sp³-hybridized carbons (Fsp3) is 0.292. The zero-order valence-corrected chi connectivity index (χ0v) is 19.6. The van der Waals surface area contributed by atoms with E-state index in [2.05, 4.69) is 39.8 Å². The van der Waals surface area contributed by atoms with Gasteiger partial charge >= 0.3 is 0 Å². The van der Waals surface area contributed by atoms with E-state index in [0.717, 1.165) is 49.0 Å². The molecule has 8 nitrogen and oxygen atoms in total. The largest absolute Gasteiger partial charge is 0.369 e. The summed E-state index contributed by atoms with van der Waals surface area (Å²) in [7, 11) is -1.24.